The van der Waals surface area contributed by atoms with Crippen LogP contribution in [0, 0.1) is 5.82 Å². The number of pyridine rings is 2. The average Bonchev–Trinajstić information content (AvgIpc) is 2.47. The molecule has 2 heterocycles. The number of aromatic nitrogens is 2. The van der Waals surface area contributed by atoms with Gasteiger partial charge in [0.15, 0.2) is 5.65 Å². The third-order valence-electron chi connectivity index (χ3n) is 3.03. The highest BCUT2D eigenvalue weighted by molar-refractivity contribution is 5.89. The van der Waals surface area contributed by atoms with E-state index >= 15 is 0 Å². The van der Waals surface area contributed by atoms with Crippen molar-refractivity contribution in [1.82, 2.24) is 9.71 Å². The molecule has 6 heteroatoms. The van der Waals surface area contributed by atoms with E-state index in [0.717, 1.165) is 0 Å². The van der Waals surface area contributed by atoms with Crippen LogP contribution in [0.5, 0.6) is 5.75 Å². The first-order valence-electron chi connectivity index (χ1n) is 5.78. The minimum Gasteiger partial charge on any atom is -0.506 e. The summed E-state index contributed by atoms with van der Waals surface area (Å²) in [5.41, 5.74) is -1.40. The van der Waals surface area contributed by atoms with E-state index < -0.39 is 17.1 Å². The first-order chi connectivity index (χ1) is 9.61. The number of aromatic hydroxyl groups is 1. The molecule has 0 radical (unpaired) electrons. The zero-order valence-electron chi connectivity index (χ0n) is 10.1. The zero-order chi connectivity index (χ0) is 14.3. The van der Waals surface area contributed by atoms with E-state index in [9.17, 15) is 19.5 Å². The fraction of sp³-hybridized carbons (Fsp3) is 0. The van der Waals surface area contributed by atoms with Crippen LogP contribution in [-0.2, 0) is 0 Å². The Labute approximate surface area is 112 Å². The van der Waals surface area contributed by atoms with Crippen molar-refractivity contribution in [2.45, 2.75) is 0 Å². The maximum absolute atomic E-state index is 13.8. The molecule has 0 saturated heterocycles. The monoisotopic (exact) mass is 272 g/mol. The first kappa shape index (κ1) is 12.2. The van der Waals surface area contributed by atoms with E-state index in [1.54, 1.807) is 0 Å². The lowest BCUT2D eigenvalue weighted by Crippen LogP contribution is -2.21. The minimum atomic E-state index is -0.932. The highest BCUT2D eigenvalue weighted by atomic mass is 19.1. The Bertz CT molecular complexity index is 874. The van der Waals surface area contributed by atoms with Gasteiger partial charge in [-0.25, -0.2) is 9.37 Å². The van der Waals surface area contributed by atoms with Crippen LogP contribution >= 0.6 is 0 Å². The summed E-state index contributed by atoms with van der Waals surface area (Å²) in [5.74, 6) is -1.07. The van der Waals surface area contributed by atoms with Crippen molar-refractivity contribution < 1.29 is 14.7 Å². The van der Waals surface area contributed by atoms with Gasteiger partial charge in [-0.1, -0.05) is 18.2 Å². The Hall–Kier alpha value is -2.89. The molecule has 100 valence electrons. The van der Waals surface area contributed by atoms with Gasteiger partial charge < -0.3 is 10.3 Å². The lowest BCUT2D eigenvalue weighted by molar-refractivity contribution is 0.186. The zero-order valence-corrected chi connectivity index (χ0v) is 10.1. The predicted molar refractivity (Wildman–Crippen MR) is 70.2 cm³/mol. The molecule has 0 aliphatic carbocycles. The number of halogens is 1. The molecule has 0 spiro atoms. The molecule has 1 aromatic carbocycles. The van der Waals surface area contributed by atoms with Crippen molar-refractivity contribution in [3.05, 3.63) is 58.8 Å². The molecule has 0 amide bonds. The third-order valence-corrected chi connectivity index (χ3v) is 3.03. The van der Waals surface area contributed by atoms with Crippen LogP contribution in [0.25, 0.3) is 22.2 Å². The first-order valence-corrected chi connectivity index (χ1v) is 5.78. The van der Waals surface area contributed by atoms with Crippen LogP contribution in [0.1, 0.15) is 0 Å². The van der Waals surface area contributed by atoms with Crippen molar-refractivity contribution in [2.75, 3.05) is 0 Å². The predicted octanol–water partition coefficient (Wildman–Crippen LogP) is 2.15. The van der Waals surface area contributed by atoms with E-state index in [4.69, 9.17) is 0 Å². The second-order valence-electron chi connectivity index (χ2n) is 4.19. The summed E-state index contributed by atoms with van der Waals surface area (Å²) in [6, 6.07) is 8.55. The quantitative estimate of drug-likeness (QED) is 0.665. The molecule has 5 nitrogen and oxygen atoms in total. The maximum Gasteiger partial charge on any atom is 0.296 e. The van der Waals surface area contributed by atoms with E-state index in [0.29, 0.717) is 4.73 Å². The summed E-state index contributed by atoms with van der Waals surface area (Å²) in [6.07, 6.45) is 1.37. The molecule has 0 unspecified atom stereocenters. The second-order valence-corrected chi connectivity index (χ2v) is 4.19. The van der Waals surface area contributed by atoms with Crippen molar-refractivity contribution in [1.29, 1.82) is 0 Å². The van der Waals surface area contributed by atoms with Crippen LogP contribution in [0.2, 0.25) is 0 Å². The summed E-state index contributed by atoms with van der Waals surface area (Å²) in [5, 5.41) is 20.2. The topological polar surface area (TPSA) is 75.3 Å². The third kappa shape index (κ3) is 1.62. The van der Waals surface area contributed by atoms with Crippen LogP contribution in [0.4, 0.5) is 4.39 Å². The summed E-state index contributed by atoms with van der Waals surface area (Å²) in [7, 11) is 0. The molecular formula is C14H9FN2O3. The molecule has 2 N–H and O–H groups in total. The Morgan fingerprint density at radius 1 is 1.15 bits per heavy atom. The fourth-order valence-corrected chi connectivity index (χ4v) is 2.10. The standard InChI is InChI=1S/C14H9FN2O3/c15-10-6-2-1-4-8(10)11-12(18)9-5-3-7-16-13(9)17(20)14(11)19/h1-7,18,20H. The summed E-state index contributed by atoms with van der Waals surface area (Å²) < 4.78 is 14.1. The number of nitrogens with zero attached hydrogens (tertiary/aromatic N) is 2. The van der Waals surface area contributed by atoms with E-state index in [1.165, 1.54) is 42.6 Å². The minimum absolute atomic E-state index is 0.0800. The molecule has 2 aromatic heterocycles. The van der Waals surface area contributed by atoms with Crippen molar-refractivity contribution >= 4 is 11.0 Å². The fourth-order valence-electron chi connectivity index (χ4n) is 2.10. The molecular weight excluding hydrogens is 263 g/mol. The number of hydrogen-bond acceptors (Lipinski definition) is 4. The molecule has 3 aromatic rings. The second kappa shape index (κ2) is 4.34. The van der Waals surface area contributed by atoms with Crippen LogP contribution in [0.15, 0.2) is 47.4 Å². The van der Waals surface area contributed by atoms with Crippen molar-refractivity contribution in [3.63, 3.8) is 0 Å². The Morgan fingerprint density at radius 2 is 1.90 bits per heavy atom. The van der Waals surface area contributed by atoms with Gasteiger partial charge in [0.25, 0.3) is 5.56 Å². The van der Waals surface area contributed by atoms with E-state index in [1.807, 2.05) is 0 Å². The summed E-state index contributed by atoms with van der Waals surface area (Å²) in [6.45, 7) is 0. The maximum atomic E-state index is 13.8. The average molecular weight is 272 g/mol. The van der Waals surface area contributed by atoms with Crippen LogP contribution < -0.4 is 5.56 Å². The van der Waals surface area contributed by atoms with E-state index in [2.05, 4.69) is 4.98 Å². The van der Waals surface area contributed by atoms with Crippen LogP contribution in [-0.4, -0.2) is 20.0 Å². The molecule has 0 saturated carbocycles. The van der Waals surface area contributed by atoms with Gasteiger partial charge in [-0.3, -0.25) is 4.79 Å². The van der Waals surface area contributed by atoms with Gasteiger partial charge in [0.2, 0.25) is 0 Å². The van der Waals surface area contributed by atoms with Gasteiger partial charge >= 0.3 is 0 Å². The SMILES string of the molecule is O=c1c(-c2ccccc2F)c(O)c2cccnc2n1O. The van der Waals surface area contributed by atoms with Gasteiger partial charge in [0.1, 0.15) is 11.6 Å². The van der Waals surface area contributed by atoms with Gasteiger partial charge in [-0.05, 0) is 18.2 Å². The Morgan fingerprint density at radius 3 is 2.65 bits per heavy atom. The van der Waals surface area contributed by atoms with E-state index in [-0.39, 0.29) is 22.2 Å². The number of rotatable bonds is 1. The lowest BCUT2D eigenvalue weighted by Gasteiger charge is -2.10. The highest BCUT2D eigenvalue weighted by Crippen LogP contribution is 2.32. The Balaban J connectivity index is 2.50. The largest absolute Gasteiger partial charge is 0.506 e. The molecule has 0 aliphatic rings. The molecule has 0 fully saturated rings. The van der Waals surface area contributed by atoms with Gasteiger partial charge in [-0.2, -0.15) is 0 Å². The Kier molecular flexibility index (Phi) is 2.64. The van der Waals surface area contributed by atoms with Gasteiger partial charge in [0.05, 0.1) is 10.9 Å². The van der Waals surface area contributed by atoms with Crippen molar-refractivity contribution in [2.24, 2.45) is 0 Å². The smallest absolute Gasteiger partial charge is 0.296 e. The number of hydrogen-bond donors (Lipinski definition) is 2. The molecule has 0 atom stereocenters. The molecule has 20 heavy (non-hydrogen) atoms. The van der Waals surface area contributed by atoms with Crippen LogP contribution in [0.3, 0.4) is 0 Å². The molecule has 3 rings (SSSR count). The molecule has 0 bridgehead atoms. The normalized spacial score (nSPS) is 10.8. The highest BCUT2D eigenvalue weighted by Gasteiger charge is 2.20. The summed E-state index contributed by atoms with van der Waals surface area (Å²) >= 11 is 0. The number of benzene rings is 1. The molecule has 0 aliphatic heterocycles. The van der Waals surface area contributed by atoms with Gasteiger partial charge in [0, 0.05) is 11.8 Å². The summed E-state index contributed by atoms with van der Waals surface area (Å²) in [4.78, 5) is 15.9. The number of fused-ring (bicyclic) bond motifs is 1. The lowest BCUT2D eigenvalue weighted by atomic mass is 10.0. The van der Waals surface area contributed by atoms with Crippen molar-refractivity contribution in [3.8, 4) is 16.9 Å². The van der Waals surface area contributed by atoms with Gasteiger partial charge in [-0.15, -0.1) is 4.73 Å².